The molecule has 0 aromatic heterocycles. The smallest absolute Gasteiger partial charge is 0.325 e. The van der Waals surface area contributed by atoms with E-state index in [0.29, 0.717) is 23.6 Å². The van der Waals surface area contributed by atoms with E-state index in [0.717, 1.165) is 0 Å². The number of hydrogen-bond acceptors (Lipinski definition) is 4. The molecule has 2 atom stereocenters. The van der Waals surface area contributed by atoms with Crippen molar-refractivity contribution in [2.24, 2.45) is 0 Å². The fourth-order valence-electron chi connectivity index (χ4n) is 3.94. The summed E-state index contributed by atoms with van der Waals surface area (Å²) >= 11 is 0. The Bertz CT molecular complexity index is 994. The molecule has 0 spiro atoms. The minimum Gasteiger partial charge on any atom is -0.494 e. The molecule has 4 rings (SSSR count). The molecule has 2 aliphatic heterocycles. The van der Waals surface area contributed by atoms with Crippen molar-refractivity contribution >= 4 is 21.6 Å². The zero-order valence-corrected chi connectivity index (χ0v) is 16.2. The van der Waals surface area contributed by atoms with Crippen LogP contribution in [0.4, 0.5) is 14.9 Å². The first-order valence-corrected chi connectivity index (χ1v) is 11.0. The maximum absolute atomic E-state index is 14.1. The molecule has 0 N–H and O–H groups in total. The monoisotopic (exact) mass is 404 g/mol. The lowest BCUT2D eigenvalue weighted by Gasteiger charge is -2.23. The molecule has 2 saturated heterocycles. The standard InChI is InChI=1S/C20H21FN2O4S/c1-2-27-16-9-7-15(8-10-16)23-19-13-28(25,26)12-18(19)22(20(23)24)11-14-5-3-4-6-17(14)21/h3-10,18-19H,2,11-13H2,1H3/t18-,19-/m1/s1. The normalized spacial score (nSPS) is 23.1. The molecule has 2 fully saturated rings. The topological polar surface area (TPSA) is 66.9 Å². The third-order valence-corrected chi connectivity index (χ3v) is 6.90. The Morgan fingerprint density at radius 3 is 2.43 bits per heavy atom. The van der Waals surface area contributed by atoms with E-state index in [9.17, 15) is 17.6 Å². The molecule has 2 aliphatic rings. The van der Waals surface area contributed by atoms with Crippen molar-refractivity contribution in [3.63, 3.8) is 0 Å². The number of fused-ring (bicyclic) bond motifs is 1. The van der Waals surface area contributed by atoms with Crippen molar-refractivity contribution in [2.45, 2.75) is 25.6 Å². The number of halogens is 1. The van der Waals surface area contributed by atoms with Crippen LogP contribution in [0.2, 0.25) is 0 Å². The Balaban J connectivity index is 1.67. The fourth-order valence-corrected chi connectivity index (χ4v) is 5.89. The van der Waals surface area contributed by atoms with Crippen LogP contribution in [0.25, 0.3) is 0 Å². The minimum atomic E-state index is -3.28. The second-order valence-corrected chi connectivity index (χ2v) is 9.16. The molecule has 0 radical (unpaired) electrons. The molecular weight excluding hydrogens is 383 g/mol. The van der Waals surface area contributed by atoms with E-state index in [4.69, 9.17) is 4.74 Å². The summed E-state index contributed by atoms with van der Waals surface area (Å²) < 4.78 is 44.1. The van der Waals surface area contributed by atoms with E-state index in [1.165, 1.54) is 15.9 Å². The number of anilines is 1. The Labute approximate surface area is 163 Å². The molecule has 0 aliphatic carbocycles. The first-order valence-electron chi connectivity index (χ1n) is 9.16. The largest absolute Gasteiger partial charge is 0.494 e. The zero-order chi connectivity index (χ0) is 19.9. The summed E-state index contributed by atoms with van der Waals surface area (Å²) in [5, 5.41) is 0. The zero-order valence-electron chi connectivity index (χ0n) is 15.4. The van der Waals surface area contributed by atoms with Crippen LogP contribution >= 0.6 is 0 Å². The first kappa shape index (κ1) is 18.7. The molecule has 2 aromatic carbocycles. The summed E-state index contributed by atoms with van der Waals surface area (Å²) in [5.41, 5.74) is 0.976. The molecule has 0 unspecified atom stereocenters. The molecule has 2 heterocycles. The van der Waals surface area contributed by atoms with Crippen molar-refractivity contribution in [1.82, 2.24) is 4.90 Å². The number of carbonyl (C=O) groups is 1. The average Bonchev–Trinajstić information content (AvgIpc) is 3.08. The third kappa shape index (κ3) is 3.32. The van der Waals surface area contributed by atoms with Gasteiger partial charge in [0.2, 0.25) is 0 Å². The Morgan fingerprint density at radius 1 is 1.07 bits per heavy atom. The molecule has 6 nitrogen and oxygen atoms in total. The molecular formula is C20H21FN2O4S. The molecule has 148 valence electrons. The van der Waals surface area contributed by atoms with Crippen molar-refractivity contribution in [3.8, 4) is 5.75 Å². The molecule has 0 bridgehead atoms. The lowest BCUT2D eigenvalue weighted by molar-refractivity contribution is 0.205. The van der Waals surface area contributed by atoms with E-state index >= 15 is 0 Å². The van der Waals surface area contributed by atoms with Crippen LogP contribution in [0, 0.1) is 5.82 Å². The van der Waals surface area contributed by atoms with Crippen LogP contribution < -0.4 is 9.64 Å². The maximum atomic E-state index is 14.1. The van der Waals surface area contributed by atoms with E-state index in [1.54, 1.807) is 42.5 Å². The van der Waals surface area contributed by atoms with Gasteiger partial charge in [-0.2, -0.15) is 0 Å². The number of sulfone groups is 1. The summed E-state index contributed by atoms with van der Waals surface area (Å²) in [6, 6.07) is 11.9. The molecule has 0 saturated carbocycles. The van der Waals surface area contributed by atoms with Gasteiger partial charge in [0.05, 0.1) is 36.7 Å². The second-order valence-electron chi connectivity index (χ2n) is 7.01. The van der Waals surface area contributed by atoms with Gasteiger partial charge in [-0.05, 0) is 37.3 Å². The van der Waals surface area contributed by atoms with E-state index in [-0.39, 0.29) is 24.1 Å². The van der Waals surface area contributed by atoms with E-state index < -0.39 is 27.7 Å². The SMILES string of the molecule is CCOc1ccc(N2C(=O)N(Cc3ccccc3F)[C@@H]3CS(=O)(=O)C[C@H]32)cc1. The summed E-state index contributed by atoms with van der Waals surface area (Å²) in [6.07, 6.45) is 0. The number of hydrogen-bond donors (Lipinski definition) is 0. The average molecular weight is 404 g/mol. The number of carbonyl (C=O) groups excluding carboxylic acids is 1. The summed E-state index contributed by atoms with van der Waals surface area (Å²) in [6.45, 7) is 2.45. The number of nitrogens with zero attached hydrogens (tertiary/aromatic N) is 2. The van der Waals surface area contributed by atoms with Gasteiger partial charge in [0, 0.05) is 11.3 Å². The predicted molar refractivity (Wildman–Crippen MR) is 104 cm³/mol. The van der Waals surface area contributed by atoms with Crippen LogP contribution in [0.5, 0.6) is 5.75 Å². The summed E-state index contributed by atoms with van der Waals surface area (Å²) in [4.78, 5) is 16.2. The highest BCUT2D eigenvalue weighted by molar-refractivity contribution is 7.91. The Hall–Kier alpha value is -2.61. The first-order chi connectivity index (χ1) is 13.4. The predicted octanol–water partition coefficient (Wildman–Crippen LogP) is 2.83. The number of amides is 2. The van der Waals surface area contributed by atoms with E-state index in [2.05, 4.69) is 0 Å². The highest BCUT2D eigenvalue weighted by Gasteiger charge is 2.53. The molecule has 28 heavy (non-hydrogen) atoms. The van der Waals surface area contributed by atoms with Crippen molar-refractivity contribution < 1.29 is 22.3 Å². The Morgan fingerprint density at radius 2 is 1.75 bits per heavy atom. The van der Waals surface area contributed by atoms with Gasteiger partial charge >= 0.3 is 6.03 Å². The minimum absolute atomic E-state index is 0.0374. The van der Waals surface area contributed by atoms with Crippen LogP contribution in [0.3, 0.4) is 0 Å². The van der Waals surface area contributed by atoms with Gasteiger partial charge in [-0.3, -0.25) is 4.90 Å². The van der Waals surface area contributed by atoms with Crippen molar-refractivity contribution in [3.05, 3.63) is 59.9 Å². The molecule has 2 amide bonds. The lowest BCUT2D eigenvalue weighted by atomic mass is 10.1. The maximum Gasteiger partial charge on any atom is 0.325 e. The van der Waals surface area contributed by atoms with Gasteiger partial charge in [0.25, 0.3) is 0 Å². The fraction of sp³-hybridized carbons (Fsp3) is 0.350. The number of urea groups is 1. The molecule has 2 aromatic rings. The highest BCUT2D eigenvalue weighted by atomic mass is 32.2. The van der Waals surface area contributed by atoms with Gasteiger partial charge in [-0.1, -0.05) is 18.2 Å². The third-order valence-electron chi connectivity index (χ3n) is 5.20. The van der Waals surface area contributed by atoms with Crippen LogP contribution in [-0.4, -0.2) is 49.5 Å². The van der Waals surface area contributed by atoms with Crippen molar-refractivity contribution in [2.75, 3.05) is 23.0 Å². The van der Waals surface area contributed by atoms with Crippen LogP contribution in [-0.2, 0) is 16.4 Å². The van der Waals surface area contributed by atoms with Gasteiger partial charge in [-0.25, -0.2) is 17.6 Å². The van der Waals surface area contributed by atoms with Gasteiger partial charge in [0.15, 0.2) is 9.84 Å². The second kappa shape index (κ2) is 7.09. The van der Waals surface area contributed by atoms with Crippen LogP contribution in [0.15, 0.2) is 48.5 Å². The Kier molecular flexibility index (Phi) is 4.74. The van der Waals surface area contributed by atoms with E-state index in [1.807, 2.05) is 6.92 Å². The van der Waals surface area contributed by atoms with Crippen molar-refractivity contribution in [1.29, 1.82) is 0 Å². The lowest BCUT2D eigenvalue weighted by Crippen LogP contribution is -2.37. The number of rotatable bonds is 5. The molecule has 8 heteroatoms. The van der Waals surface area contributed by atoms with Crippen LogP contribution in [0.1, 0.15) is 12.5 Å². The number of benzene rings is 2. The van der Waals surface area contributed by atoms with Gasteiger partial charge < -0.3 is 9.64 Å². The quantitative estimate of drug-likeness (QED) is 0.719. The van der Waals surface area contributed by atoms with Gasteiger partial charge in [-0.15, -0.1) is 0 Å². The summed E-state index contributed by atoms with van der Waals surface area (Å²) in [5.74, 6) is 0.0689. The highest BCUT2D eigenvalue weighted by Crippen LogP contribution is 2.36. The number of ether oxygens (including phenoxy) is 1. The summed E-state index contributed by atoms with van der Waals surface area (Å²) in [7, 11) is -3.28. The van der Waals surface area contributed by atoms with Gasteiger partial charge in [0.1, 0.15) is 11.6 Å².